The topological polar surface area (TPSA) is 9.23 Å². The van der Waals surface area contributed by atoms with E-state index in [0.29, 0.717) is 0 Å². The Hall–Kier alpha value is -0.703. The van der Waals surface area contributed by atoms with Crippen LogP contribution in [0.1, 0.15) is 6.92 Å². The molecule has 0 spiro atoms. The molecule has 0 fully saturated rings. The highest BCUT2D eigenvalue weighted by molar-refractivity contribution is 6.88. The zero-order valence-electron chi connectivity index (χ0n) is 5.77. The molecule has 0 aliphatic carbocycles. The van der Waals surface area contributed by atoms with Gasteiger partial charge in [-0.25, -0.2) is 0 Å². The van der Waals surface area contributed by atoms with Crippen molar-refractivity contribution in [1.29, 1.82) is 0 Å². The first-order valence-corrected chi connectivity index (χ1v) is 4.87. The second-order valence-electron chi connectivity index (χ2n) is 1.67. The Bertz CT molecular complexity index is 141. The number of rotatable bonds is 2. The highest BCUT2D eigenvalue weighted by Crippen LogP contribution is 2.05. The average molecular weight is 138 g/mol. The Balaban J connectivity index is 4.28. The van der Waals surface area contributed by atoms with Crippen LogP contribution in [0.25, 0.3) is 0 Å². The van der Waals surface area contributed by atoms with Crippen molar-refractivity contribution < 1.29 is 4.43 Å². The molecule has 0 aliphatic rings. The zero-order valence-corrected chi connectivity index (χ0v) is 6.77. The predicted molar refractivity (Wildman–Crippen MR) is 40.9 cm³/mol. The molecule has 0 aromatic heterocycles. The van der Waals surface area contributed by atoms with E-state index in [0.717, 1.165) is 6.04 Å². The Kier molecular flexibility index (Phi) is 3.09. The summed E-state index contributed by atoms with van der Waals surface area (Å²) in [4.78, 5) is 0. The Labute approximate surface area is 57.5 Å². The van der Waals surface area contributed by atoms with Crippen molar-refractivity contribution in [2.75, 3.05) is 7.11 Å². The molecule has 0 unspecified atom stereocenters. The maximum atomic E-state index is 5.18. The van der Waals surface area contributed by atoms with Crippen LogP contribution < -0.4 is 0 Å². The molecule has 48 valence electrons. The number of hydrogen-bond acceptors (Lipinski definition) is 1. The van der Waals surface area contributed by atoms with E-state index in [-0.39, 0.29) is 0 Å². The van der Waals surface area contributed by atoms with E-state index >= 15 is 0 Å². The third-order valence-corrected chi connectivity index (χ3v) is 3.94. The van der Waals surface area contributed by atoms with Crippen LogP contribution in [0.4, 0.5) is 0 Å². The molecule has 0 amide bonds. The van der Waals surface area contributed by atoms with Crippen molar-refractivity contribution in [2.24, 2.45) is 0 Å². The molecule has 0 bridgehead atoms. The first-order chi connectivity index (χ1) is 4.24. The second kappa shape index (κ2) is 3.35. The van der Waals surface area contributed by atoms with Crippen LogP contribution in [-0.2, 0) is 4.43 Å². The fraction of sp³-hybridized carbons (Fsp3) is 0.429. The van der Waals surface area contributed by atoms with E-state index in [1.807, 2.05) is 6.92 Å². The first kappa shape index (κ1) is 8.30. The average Bonchev–Trinajstić information content (AvgIpc) is 1.95. The van der Waals surface area contributed by atoms with Gasteiger partial charge in [-0.15, -0.1) is 12.8 Å². The fourth-order valence-corrected chi connectivity index (χ4v) is 1.52. The van der Waals surface area contributed by atoms with Gasteiger partial charge >= 0.3 is 8.32 Å². The van der Waals surface area contributed by atoms with Gasteiger partial charge in [-0.1, -0.05) is 18.0 Å². The molecule has 0 aromatic rings. The van der Waals surface area contributed by atoms with E-state index in [9.17, 15) is 0 Å². The van der Waals surface area contributed by atoms with Crippen molar-refractivity contribution in [3.63, 3.8) is 0 Å². The quantitative estimate of drug-likeness (QED) is 0.407. The van der Waals surface area contributed by atoms with E-state index in [4.69, 9.17) is 17.3 Å². The molecule has 0 atom stereocenters. The largest absolute Gasteiger partial charge is 0.400 e. The molecule has 9 heavy (non-hydrogen) atoms. The molecule has 0 saturated heterocycles. The zero-order chi connectivity index (χ0) is 7.33. The number of hydrogen-bond donors (Lipinski definition) is 0. The van der Waals surface area contributed by atoms with Crippen LogP contribution in [0, 0.1) is 23.9 Å². The fourth-order valence-electron chi connectivity index (χ4n) is 0.508. The summed E-state index contributed by atoms with van der Waals surface area (Å²) in [6.07, 6.45) is 10.4. The van der Waals surface area contributed by atoms with Crippen LogP contribution in [0.5, 0.6) is 0 Å². The van der Waals surface area contributed by atoms with Gasteiger partial charge in [0.2, 0.25) is 0 Å². The minimum Gasteiger partial charge on any atom is -0.400 e. The maximum absolute atomic E-state index is 5.18. The second-order valence-corrected chi connectivity index (χ2v) is 5.02. The van der Waals surface area contributed by atoms with Crippen LogP contribution in [-0.4, -0.2) is 15.4 Å². The summed E-state index contributed by atoms with van der Waals surface area (Å²) in [5, 5.41) is 0. The summed E-state index contributed by atoms with van der Waals surface area (Å²) in [7, 11) is -0.557. The summed E-state index contributed by atoms with van der Waals surface area (Å²) in [5.74, 6) is 0. The highest BCUT2D eigenvalue weighted by Gasteiger charge is 2.26. The van der Waals surface area contributed by atoms with Gasteiger partial charge in [0, 0.05) is 7.11 Å². The van der Waals surface area contributed by atoms with E-state index < -0.39 is 8.32 Å². The smallest absolute Gasteiger partial charge is 0.352 e. The van der Waals surface area contributed by atoms with Crippen molar-refractivity contribution in [2.45, 2.75) is 13.0 Å². The lowest BCUT2D eigenvalue weighted by atomic mass is 11.0. The van der Waals surface area contributed by atoms with Crippen molar-refractivity contribution in [3.8, 4) is 23.9 Å². The molecule has 0 heterocycles. The minimum absolute atomic E-state index is 0.788. The summed E-state index contributed by atoms with van der Waals surface area (Å²) in [6.45, 7) is 1.95. The lowest BCUT2D eigenvalue weighted by Gasteiger charge is -2.12. The molecule has 0 aliphatic heterocycles. The molecule has 0 aromatic carbocycles. The van der Waals surface area contributed by atoms with Crippen molar-refractivity contribution in [3.05, 3.63) is 0 Å². The molecular weight excluding hydrogens is 128 g/mol. The Morgan fingerprint density at radius 1 is 1.44 bits per heavy atom. The molecule has 0 rings (SSSR count). The molecule has 2 heteroatoms. The standard InChI is InChI=1S/C7H10OSi/c1-5-9(6-2,7-3)8-4/h1-2H,7H2,3-4H3. The molecule has 0 radical (unpaired) electrons. The summed E-state index contributed by atoms with van der Waals surface area (Å²) < 4.78 is 5.05. The van der Waals surface area contributed by atoms with Crippen LogP contribution >= 0.6 is 0 Å². The lowest BCUT2D eigenvalue weighted by molar-refractivity contribution is 0.418. The molecule has 1 nitrogen and oxygen atoms in total. The molecule has 0 saturated carbocycles. The van der Waals surface area contributed by atoms with Gasteiger partial charge in [-0.2, -0.15) is 0 Å². The van der Waals surface area contributed by atoms with E-state index in [1.54, 1.807) is 7.11 Å². The van der Waals surface area contributed by atoms with Gasteiger partial charge in [0.05, 0.1) is 0 Å². The third-order valence-electron chi connectivity index (χ3n) is 1.31. The SMILES string of the molecule is C#C[Si](C#C)(CC)OC. The van der Waals surface area contributed by atoms with E-state index in [2.05, 4.69) is 11.1 Å². The highest BCUT2D eigenvalue weighted by atomic mass is 28.4. The lowest BCUT2D eigenvalue weighted by Crippen LogP contribution is -2.32. The van der Waals surface area contributed by atoms with Gasteiger partial charge in [0.15, 0.2) is 0 Å². The molecular formula is C7H10OSi. The van der Waals surface area contributed by atoms with E-state index in [1.165, 1.54) is 0 Å². The van der Waals surface area contributed by atoms with Crippen LogP contribution in [0.2, 0.25) is 6.04 Å². The summed E-state index contributed by atoms with van der Waals surface area (Å²) in [6, 6.07) is 0.788. The van der Waals surface area contributed by atoms with Crippen molar-refractivity contribution in [1.82, 2.24) is 0 Å². The molecule has 0 N–H and O–H groups in total. The monoisotopic (exact) mass is 138 g/mol. The third kappa shape index (κ3) is 1.60. The van der Waals surface area contributed by atoms with Gasteiger partial charge in [-0.3, -0.25) is 0 Å². The predicted octanol–water partition coefficient (Wildman–Crippen LogP) is 0.943. The van der Waals surface area contributed by atoms with Crippen molar-refractivity contribution >= 4 is 8.32 Å². The van der Waals surface area contributed by atoms with Crippen LogP contribution in [0.15, 0.2) is 0 Å². The number of terminal acetylenes is 2. The Morgan fingerprint density at radius 3 is 1.89 bits per heavy atom. The van der Waals surface area contributed by atoms with Gasteiger partial charge in [-0.05, 0) is 6.04 Å². The maximum Gasteiger partial charge on any atom is 0.352 e. The summed E-state index contributed by atoms with van der Waals surface area (Å²) >= 11 is 0. The summed E-state index contributed by atoms with van der Waals surface area (Å²) in [5.41, 5.74) is 5.09. The Morgan fingerprint density at radius 2 is 1.89 bits per heavy atom. The minimum atomic E-state index is -2.14. The van der Waals surface area contributed by atoms with Gasteiger partial charge < -0.3 is 4.43 Å². The normalized spacial score (nSPS) is 9.78. The van der Waals surface area contributed by atoms with Gasteiger partial charge in [0.25, 0.3) is 0 Å². The van der Waals surface area contributed by atoms with Gasteiger partial charge in [0.1, 0.15) is 0 Å². The van der Waals surface area contributed by atoms with Crippen LogP contribution in [0.3, 0.4) is 0 Å². The first-order valence-electron chi connectivity index (χ1n) is 2.75.